The van der Waals surface area contributed by atoms with Gasteiger partial charge < -0.3 is 5.32 Å². The lowest BCUT2D eigenvalue weighted by Gasteiger charge is -2.05. The molecule has 4 heteroatoms. The van der Waals surface area contributed by atoms with Crippen LogP contribution in [0.1, 0.15) is 62.1 Å². The van der Waals surface area contributed by atoms with Crippen LogP contribution in [-0.2, 0) is 11.2 Å². The maximum absolute atomic E-state index is 11.2. The predicted molar refractivity (Wildman–Crippen MR) is 122 cm³/mol. The highest BCUT2D eigenvalue weighted by atomic mass is 32.1. The number of aromatic nitrogens is 1. The van der Waals surface area contributed by atoms with Gasteiger partial charge in [-0.15, -0.1) is 11.3 Å². The number of hydrogen-bond acceptors (Lipinski definition) is 3. The normalized spacial score (nSPS) is 10.4. The lowest BCUT2D eigenvalue weighted by atomic mass is 10.1. The average molecular weight is 397 g/mol. The standard InChI is InChI=1S/C15H23NO.C9H9NS/c1-3-5-6-7-8-13-9-11-14(12-10-13)16-15(17)4-2;1-6-3-4-9-8(5-6)10-7(2)11-9/h9-12H,3-8H2,1-2H3,(H,16,17);3-5H,1-2H3. The van der Waals surface area contributed by atoms with E-state index in [9.17, 15) is 4.79 Å². The minimum Gasteiger partial charge on any atom is -0.326 e. The lowest BCUT2D eigenvalue weighted by molar-refractivity contribution is -0.115. The van der Waals surface area contributed by atoms with E-state index in [-0.39, 0.29) is 5.91 Å². The Morgan fingerprint density at radius 2 is 1.75 bits per heavy atom. The quantitative estimate of drug-likeness (QED) is 0.434. The van der Waals surface area contributed by atoms with Gasteiger partial charge in [0.25, 0.3) is 0 Å². The summed E-state index contributed by atoms with van der Waals surface area (Å²) in [7, 11) is 0. The van der Waals surface area contributed by atoms with Gasteiger partial charge in [0.05, 0.1) is 15.2 Å². The van der Waals surface area contributed by atoms with Gasteiger partial charge in [0.15, 0.2) is 0 Å². The lowest BCUT2D eigenvalue weighted by Crippen LogP contribution is -2.09. The number of amides is 1. The minimum atomic E-state index is 0.0701. The third kappa shape index (κ3) is 7.43. The van der Waals surface area contributed by atoms with Gasteiger partial charge >= 0.3 is 0 Å². The van der Waals surface area contributed by atoms with Crippen molar-refractivity contribution in [1.82, 2.24) is 4.98 Å². The Morgan fingerprint density at radius 3 is 2.43 bits per heavy atom. The van der Waals surface area contributed by atoms with Crippen molar-refractivity contribution in [2.24, 2.45) is 0 Å². The Morgan fingerprint density at radius 1 is 1.00 bits per heavy atom. The highest BCUT2D eigenvalue weighted by molar-refractivity contribution is 7.18. The molecular formula is C24H32N2OS. The average Bonchev–Trinajstić information content (AvgIpc) is 3.06. The van der Waals surface area contributed by atoms with Gasteiger partial charge in [-0.1, -0.05) is 51.3 Å². The molecule has 0 saturated heterocycles. The summed E-state index contributed by atoms with van der Waals surface area (Å²) in [4.78, 5) is 15.6. The SMILES string of the molecule is CCCCCCc1ccc(NC(=O)CC)cc1.Cc1ccc2sc(C)nc2c1. The molecule has 0 aliphatic rings. The summed E-state index contributed by atoms with van der Waals surface area (Å²) in [5.41, 5.74) is 4.67. The second-order valence-electron chi connectivity index (χ2n) is 7.11. The van der Waals surface area contributed by atoms with E-state index in [0.717, 1.165) is 22.6 Å². The van der Waals surface area contributed by atoms with Crippen molar-refractivity contribution < 1.29 is 4.79 Å². The predicted octanol–water partition coefficient (Wildman–Crippen LogP) is 7.07. The molecule has 0 atom stereocenters. The fourth-order valence-electron chi connectivity index (χ4n) is 2.91. The molecule has 0 aliphatic carbocycles. The highest BCUT2D eigenvalue weighted by Crippen LogP contribution is 2.21. The number of hydrogen-bond donors (Lipinski definition) is 1. The zero-order valence-corrected chi connectivity index (χ0v) is 18.4. The largest absolute Gasteiger partial charge is 0.326 e. The second kappa shape index (κ2) is 11.6. The molecule has 1 heterocycles. The highest BCUT2D eigenvalue weighted by Gasteiger charge is 1.99. The summed E-state index contributed by atoms with van der Waals surface area (Å²) in [6.45, 7) is 8.22. The fourth-order valence-corrected chi connectivity index (χ4v) is 3.72. The van der Waals surface area contributed by atoms with Crippen molar-refractivity contribution >= 4 is 33.1 Å². The van der Waals surface area contributed by atoms with Gasteiger partial charge in [-0.25, -0.2) is 4.98 Å². The van der Waals surface area contributed by atoms with E-state index < -0.39 is 0 Å². The van der Waals surface area contributed by atoms with E-state index in [2.05, 4.69) is 54.5 Å². The van der Waals surface area contributed by atoms with Crippen molar-refractivity contribution in [3.05, 3.63) is 58.6 Å². The Kier molecular flexibility index (Phi) is 9.15. The van der Waals surface area contributed by atoms with Crippen LogP contribution < -0.4 is 5.32 Å². The molecule has 0 aliphatic heterocycles. The van der Waals surface area contributed by atoms with E-state index in [0.29, 0.717) is 6.42 Å². The Labute approximate surface area is 173 Å². The first-order valence-electron chi connectivity index (χ1n) is 10.2. The zero-order chi connectivity index (χ0) is 20.4. The first-order chi connectivity index (χ1) is 13.5. The van der Waals surface area contributed by atoms with Gasteiger partial charge in [0.2, 0.25) is 5.91 Å². The van der Waals surface area contributed by atoms with Gasteiger partial charge in [0, 0.05) is 12.1 Å². The Balaban J connectivity index is 0.000000218. The Hall–Kier alpha value is -2.20. The number of rotatable bonds is 7. The van der Waals surface area contributed by atoms with E-state index >= 15 is 0 Å². The number of carbonyl (C=O) groups excluding carboxylic acids is 1. The fraction of sp³-hybridized carbons (Fsp3) is 0.417. The second-order valence-corrected chi connectivity index (χ2v) is 8.35. The number of aryl methyl sites for hydroxylation is 3. The number of anilines is 1. The maximum atomic E-state index is 11.2. The number of carbonyl (C=O) groups is 1. The summed E-state index contributed by atoms with van der Waals surface area (Å²) in [5, 5.41) is 4.00. The van der Waals surface area contributed by atoms with Crippen molar-refractivity contribution in [3.63, 3.8) is 0 Å². The molecule has 0 radical (unpaired) electrons. The topological polar surface area (TPSA) is 42.0 Å². The summed E-state index contributed by atoms with van der Waals surface area (Å²) < 4.78 is 1.29. The molecule has 0 fully saturated rings. The Bertz CT molecular complexity index is 868. The van der Waals surface area contributed by atoms with Crippen molar-refractivity contribution in [2.75, 3.05) is 5.32 Å². The number of thiazole rings is 1. The smallest absolute Gasteiger partial charge is 0.224 e. The molecule has 2 aromatic carbocycles. The molecule has 3 nitrogen and oxygen atoms in total. The third-order valence-electron chi connectivity index (χ3n) is 4.53. The zero-order valence-electron chi connectivity index (χ0n) is 17.5. The van der Waals surface area contributed by atoms with E-state index in [1.807, 2.05) is 26.0 Å². The van der Waals surface area contributed by atoms with Crippen LogP contribution in [0.4, 0.5) is 5.69 Å². The van der Waals surface area contributed by atoms with Crippen LogP contribution in [0, 0.1) is 13.8 Å². The molecule has 0 bridgehead atoms. The van der Waals surface area contributed by atoms with E-state index in [1.54, 1.807) is 11.3 Å². The first-order valence-corrected chi connectivity index (χ1v) is 11.1. The van der Waals surface area contributed by atoms with Crippen LogP contribution >= 0.6 is 11.3 Å². The van der Waals surface area contributed by atoms with Crippen LogP contribution in [0.3, 0.4) is 0 Å². The van der Waals surface area contributed by atoms with Crippen LogP contribution in [0.5, 0.6) is 0 Å². The van der Waals surface area contributed by atoms with Crippen molar-refractivity contribution in [2.45, 2.75) is 66.2 Å². The van der Waals surface area contributed by atoms with E-state index in [4.69, 9.17) is 0 Å². The summed E-state index contributed by atoms with van der Waals surface area (Å²) >= 11 is 1.75. The summed E-state index contributed by atoms with van der Waals surface area (Å²) in [6, 6.07) is 14.6. The van der Waals surface area contributed by atoms with E-state index in [1.165, 1.54) is 41.5 Å². The number of nitrogens with one attached hydrogen (secondary N) is 1. The number of benzene rings is 2. The van der Waals surface area contributed by atoms with Crippen LogP contribution in [0.15, 0.2) is 42.5 Å². The molecule has 0 spiro atoms. The minimum absolute atomic E-state index is 0.0701. The van der Waals surface area contributed by atoms with Gasteiger partial charge in [-0.2, -0.15) is 0 Å². The first kappa shape index (κ1) is 22.1. The van der Waals surface area contributed by atoms with Crippen molar-refractivity contribution in [3.8, 4) is 0 Å². The molecule has 0 saturated carbocycles. The summed E-state index contributed by atoms with van der Waals surface area (Å²) in [6.07, 6.45) is 6.84. The number of nitrogens with zero attached hydrogens (tertiary/aromatic N) is 1. The molecule has 1 amide bonds. The van der Waals surface area contributed by atoms with Gasteiger partial charge in [0.1, 0.15) is 0 Å². The monoisotopic (exact) mass is 396 g/mol. The summed E-state index contributed by atoms with van der Waals surface area (Å²) in [5.74, 6) is 0.0701. The molecular weight excluding hydrogens is 364 g/mol. The molecule has 3 aromatic rings. The number of unbranched alkanes of at least 4 members (excludes halogenated alkanes) is 3. The number of fused-ring (bicyclic) bond motifs is 1. The van der Waals surface area contributed by atoms with Gasteiger partial charge in [-0.3, -0.25) is 4.79 Å². The molecule has 1 aromatic heterocycles. The molecule has 150 valence electrons. The van der Waals surface area contributed by atoms with Crippen LogP contribution in [-0.4, -0.2) is 10.9 Å². The van der Waals surface area contributed by atoms with Crippen molar-refractivity contribution in [1.29, 1.82) is 0 Å². The third-order valence-corrected chi connectivity index (χ3v) is 5.48. The van der Waals surface area contributed by atoms with Gasteiger partial charge in [-0.05, 0) is 62.1 Å². The molecule has 3 rings (SSSR count). The maximum Gasteiger partial charge on any atom is 0.224 e. The molecule has 0 unspecified atom stereocenters. The van der Waals surface area contributed by atoms with Crippen LogP contribution in [0.25, 0.3) is 10.2 Å². The van der Waals surface area contributed by atoms with Crippen LogP contribution in [0.2, 0.25) is 0 Å². The molecule has 1 N–H and O–H groups in total. The molecule has 28 heavy (non-hydrogen) atoms.